The minimum Gasteiger partial charge on any atom is -0.504 e. The highest BCUT2D eigenvalue weighted by Crippen LogP contribution is 2.41. The number of aromatic nitrogens is 2. The van der Waals surface area contributed by atoms with Crippen molar-refractivity contribution in [3.05, 3.63) is 28.4 Å². The van der Waals surface area contributed by atoms with E-state index in [2.05, 4.69) is 21.0 Å². The Labute approximate surface area is 117 Å². The van der Waals surface area contributed by atoms with Gasteiger partial charge in [0.1, 0.15) is 0 Å². The number of phenolic OH excluding ortho intramolecular Hbond substituents is 1. The highest BCUT2D eigenvalue weighted by atomic mass is 79.9. The van der Waals surface area contributed by atoms with Gasteiger partial charge in [0.25, 0.3) is 0 Å². The fraction of sp³-hybridized carbons (Fsp3) is 0.167. The van der Waals surface area contributed by atoms with E-state index in [1.54, 1.807) is 19.2 Å². The number of aryl methyl sites for hydroxylation is 1. The van der Waals surface area contributed by atoms with Gasteiger partial charge in [0, 0.05) is 12.6 Å². The third-order valence-electron chi connectivity index (χ3n) is 2.66. The minimum absolute atomic E-state index is 0.0724. The van der Waals surface area contributed by atoms with E-state index in [-0.39, 0.29) is 17.2 Å². The first-order chi connectivity index (χ1) is 8.95. The molecule has 0 aliphatic carbocycles. The molecule has 0 spiro atoms. The maximum absolute atomic E-state index is 10.9. The summed E-state index contributed by atoms with van der Waals surface area (Å²) in [5.41, 5.74) is 0.849. The van der Waals surface area contributed by atoms with Crippen molar-refractivity contribution in [3.63, 3.8) is 0 Å². The van der Waals surface area contributed by atoms with Crippen LogP contribution in [0.15, 0.2) is 22.7 Å². The van der Waals surface area contributed by atoms with Gasteiger partial charge in [-0.15, -0.1) is 0 Å². The molecule has 1 aromatic carbocycles. The Balaban J connectivity index is 2.62. The standard InChI is InChI=1S/C12H11BrN2O4/c1-15-9(5-8(14-15)12(17)18)6-3-4-7(13)11(19-2)10(6)16/h3-5,16H,1-2H3,(H,17,18). The molecule has 0 fully saturated rings. The van der Waals surface area contributed by atoms with Gasteiger partial charge in [0.05, 0.1) is 17.3 Å². The lowest BCUT2D eigenvalue weighted by Crippen LogP contribution is -1.99. The van der Waals surface area contributed by atoms with Gasteiger partial charge in [0.15, 0.2) is 17.2 Å². The van der Waals surface area contributed by atoms with E-state index < -0.39 is 5.97 Å². The van der Waals surface area contributed by atoms with Crippen molar-refractivity contribution >= 4 is 21.9 Å². The quantitative estimate of drug-likeness (QED) is 0.903. The maximum atomic E-state index is 10.9. The number of aromatic carboxylic acids is 1. The summed E-state index contributed by atoms with van der Waals surface area (Å²) < 4.78 is 7.09. The van der Waals surface area contributed by atoms with Crippen molar-refractivity contribution in [2.45, 2.75) is 0 Å². The van der Waals surface area contributed by atoms with Gasteiger partial charge >= 0.3 is 5.97 Å². The average Bonchev–Trinajstić information content (AvgIpc) is 2.72. The van der Waals surface area contributed by atoms with Crippen LogP contribution in [0.25, 0.3) is 11.3 Å². The summed E-state index contributed by atoms with van der Waals surface area (Å²) in [4.78, 5) is 10.9. The largest absolute Gasteiger partial charge is 0.504 e. The second-order valence-corrected chi connectivity index (χ2v) is 4.67. The summed E-state index contributed by atoms with van der Waals surface area (Å²) in [6.45, 7) is 0. The van der Waals surface area contributed by atoms with Gasteiger partial charge in [-0.25, -0.2) is 4.79 Å². The molecule has 19 heavy (non-hydrogen) atoms. The number of carboxylic acids is 1. The lowest BCUT2D eigenvalue weighted by atomic mass is 10.1. The van der Waals surface area contributed by atoms with Gasteiger partial charge in [-0.2, -0.15) is 5.10 Å². The normalized spacial score (nSPS) is 10.5. The number of methoxy groups -OCH3 is 1. The van der Waals surface area contributed by atoms with E-state index in [1.165, 1.54) is 17.9 Å². The first-order valence-electron chi connectivity index (χ1n) is 5.29. The Morgan fingerprint density at radius 1 is 1.47 bits per heavy atom. The van der Waals surface area contributed by atoms with Crippen LogP contribution < -0.4 is 4.74 Å². The Kier molecular flexibility index (Phi) is 3.48. The number of hydrogen-bond donors (Lipinski definition) is 2. The molecule has 0 saturated heterocycles. The highest BCUT2D eigenvalue weighted by Gasteiger charge is 2.18. The highest BCUT2D eigenvalue weighted by molar-refractivity contribution is 9.10. The number of hydrogen-bond acceptors (Lipinski definition) is 4. The third kappa shape index (κ3) is 2.28. The first-order valence-corrected chi connectivity index (χ1v) is 6.08. The smallest absolute Gasteiger partial charge is 0.356 e. The molecule has 0 saturated carbocycles. The molecule has 100 valence electrons. The average molecular weight is 327 g/mol. The van der Waals surface area contributed by atoms with E-state index in [0.717, 1.165) is 0 Å². The van der Waals surface area contributed by atoms with Crippen molar-refractivity contribution in [1.29, 1.82) is 0 Å². The summed E-state index contributed by atoms with van der Waals surface area (Å²) in [5, 5.41) is 22.9. The molecule has 0 aliphatic heterocycles. The number of halogens is 1. The summed E-state index contributed by atoms with van der Waals surface area (Å²) in [6, 6.07) is 4.76. The summed E-state index contributed by atoms with van der Waals surface area (Å²) >= 11 is 3.26. The summed E-state index contributed by atoms with van der Waals surface area (Å²) in [6.07, 6.45) is 0. The minimum atomic E-state index is -1.12. The van der Waals surface area contributed by atoms with E-state index in [1.807, 2.05) is 0 Å². The second kappa shape index (κ2) is 4.93. The number of ether oxygens (including phenoxy) is 1. The first kappa shape index (κ1) is 13.4. The Hall–Kier alpha value is -2.02. The Morgan fingerprint density at radius 2 is 2.16 bits per heavy atom. The number of carboxylic acid groups (broad SMARTS) is 1. The van der Waals surface area contributed by atoms with Crippen molar-refractivity contribution in [2.24, 2.45) is 7.05 Å². The van der Waals surface area contributed by atoms with Gasteiger partial charge in [0.2, 0.25) is 0 Å². The number of nitrogens with zero attached hydrogens (tertiary/aromatic N) is 2. The monoisotopic (exact) mass is 326 g/mol. The van der Waals surface area contributed by atoms with Crippen molar-refractivity contribution in [2.75, 3.05) is 7.11 Å². The molecule has 0 aliphatic rings. The molecule has 6 nitrogen and oxygen atoms in total. The van der Waals surface area contributed by atoms with Gasteiger partial charge < -0.3 is 14.9 Å². The molecule has 0 atom stereocenters. The SMILES string of the molecule is COc1c(Br)ccc(-c2cc(C(=O)O)nn2C)c1O. The molecule has 0 amide bonds. The van der Waals surface area contributed by atoms with Crippen LogP contribution in [0.4, 0.5) is 0 Å². The number of phenols is 1. The fourth-order valence-electron chi connectivity index (χ4n) is 1.77. The summed E-state index contributed by atoms with van der Waals surface area (Å²) in [7, 11) is 3.05. The number of rotatable bonds is 3. The van der Waals surface area contributed by atoms with E-state index in [0.29, 0.717) is 15.7 Å². The molecule has 1 aromatic heterocycles. The number of aromatic hydroxyl groups is 1. The van der Waals surface area contributed by atoms with E-state index >= 15 is 0 Å². The lowest BCUT2D eigenvalue weighted by Gasteiger charge is -2.10. The van der Waals surface area contributed by atoms with Crippen LogP contribution in [0, 0.1) is 0 Å². The van der Waals surface area contributed by atoms with Crippen LogP contribution in [-0.4, -0.2) is 33.1 Å². The molecule has 7 heteroatoms. The number of carbonyl (C=O) groups is 1. The van der Waals surface area contributed by atoms with Crippen LogP contribution in [-0.2, 0) is 7.05 Å². The molecule has 2 N–H and O–H groups in total. The molecule has 0 unspecified atom stereocenters. The number of benzene rings is 1. The van der Waals surface area contributed by atoms with E-state index in [9.17, 15) is 9.90 Å². The predicted octanol–water partition coefficient (Wildman–Crippen LogP) is 2.26. The van der Waals surface area contributed by atoms with Crippen molar-refractivity contribution < 1.29 is 19.7 Å². The van der Waals surface area contributed by atoms with Gasteiger partial charge in [-0.1, -0.05) is 0 Å². The zero-order valence-corrected chi connectivity index (χ0v) is 11.8. The van der Waals surface area contributed by atoms with Gasteiger partial charge in [-0.05, 0) is 34.1 Å². The van der Waals surface area contributed by atoms with Crippen molar-refractivity contribution in [1.82, 2.24) is 9.78 Å². The van der Waals surface area contributed by atoms with Crippen molar-refractivity contribution in [3.8, 4) is 22.8 Å². The fourth-order valence-corrected chi connectivity index (χ4v) is 2.25. The van der Waals surface area contributed by atoms with E-state index in [4.69, 9.17) is 9.84 Å². The van der Waals surface area contributed by atoms with Crippen LogP contribution in [0.2, 0.25) is 0 Å². The molecule has 2 rings (SSSR count). The molecule has 2 aromatic rings. The maximum Gasteiger partial charge on any atom is 0.356 e. The third-order valence-corrected chi connectivity index (χ3v) is 3.29. The predicted molar refractivity (Wildman–Crippen MR) is 71.5 cm³/mol. The zero-order valence-electron chi connectivity index (χ0n) is 10.2. The Morgan fingerprint density at radius 3 is 2.68 bits per heavy atom. The topological polar surface area (TPSA) is 84.6 Å². The lowest BCUT2D eigenvalue weighted by molar-refractivity contribution is 0.0689. The molecule has 0 radical (unpaired) electrons. The molecular weight excluding hydrogens is 316 g/mol. The summed E-state index contributed by atoms with van der Waals surface area (Å²) in [5.74, 6) is -0.905. The van der Waals surface area contributed by atoms with Crippen LogP contribution in [0.5, 0.6) is 11.5 Å². The van der Waals surface area contributed by atoms with Crippen LogP contribution in [0.1, 0.15) is 10.5 Å². The zero-order chi connectivity index (χ0) is 14.2. The second-order valence-electron chi connectivity index (χ2n) is 3.82. The molecule has 0 bridgehead atoms. The van der Waals surface area contributed by atoms with Crippen LogP contribution in [0.3, 0.4) is 0 Å². The Bertz CT molecular complexity index is 651. The van der Waals surface area contributed by atoms with Gasteiger partial charge in [-0.3, -0.25) is 4.68 Å². The van der Waals surface area contributed by atoms with Crippen LogP contribution >= 0.6 is 15.9 Å². The molecular formula is C12H11BrN2O4. The molecule has 1 heterocycles.